The molecule has 0 atom stereocenters. The fourth-order valence-electron chi connectivity index (χ4n) is 1.55. The number of hydrogen-bond acceptors (Lipinski definition) is 4. The molecule has 0 fully saturated rings. The Morgan fingerprint density at radius 2 is 2.18 bits per heavy atom. The molecule has 88 valence electrons. The first-order valence-electron chi connectivity index (χ1n) is 4.90. The van der Waals surface area contributed by atoms with E-state index in [2.05, 4.69) is 5.10 Å². The highest BCUT2D eigenvalue weighted by Gasteiger charge is 2.28. The molecule has 1 heterocycles. The van der Waals surface area contributed by atoms with Crippen molar-refractivity contribution in [3.05, 3.63) is 29.8 Å². The molecule has 1 aliphatic rings. The maximum Gasteiger partial charge on any atom is 0.337 e. The molecule has 6 nitrogen and oxygen atoms in total. The average molecular weight is 234 g/mol. The lowest BCUT2D eigenvalue weighted by Gasteiger charge is -2.13. The van der Waals surface area contributed by atoms with E-state index in [0.29, 0.717) is 0 Å². The van der Waals surface area contributed by atoms with Crippen LogP contribution in [-0.2, 0) is 9.53 Å². The van der Waals surface area contributed by atoms with Crippen LogP contribution < -0.4 is 5.01 Å². The number of ether oxygens (including phenoxy) is 1. The Morgan fingerprint density at radius 1 is 1.47 bits per heavy atom. The summed E-state index contributed by atoms with van der Waals surface area (Å²) in [4.78, 5) is 22.7. The number of carboxylic acid groups (broad SMARTS) is 1. The molecule has 0 saturated heterocycles. The van der Waals surface area contributed by atoms with Crippen molar-refractivity contribution in [1.29, 1.82) is 0 Å². The predicted octanol–water partition coefficient (Wildman–Crippen LogP) is 1.08. The molecular weight excluding hydrogens is 224 g/mol. The molecule has 0 aromatic heterocycles. The summed E-state index contributed by atoms with van der Waals surface area (Å²) in [6.45, 7) is 0. The van der Waals surface area contributed by atoms with Crippen molar-refractivity contribution in [1.82, 2.24) is 0 Å². The Morgan fingerprint density at radius 3 is 2.76 bits per heavy atom. The van der Waals surface area contributed by atoms with E-state index in [1.54, 1.807) is 12.1 Å². The van der Waals surface area contributed by atoms with E-state index in [-0.39, 0.29) is 29.5 Å². The molecule has 0 bridgehead atoms. The summed E-state index contributed by atoms with van der Waals surface area (Å²) in [5.41, 5.74) is 0.277. The van der Waals surface area contributed by atoms with Crippen LogP contribution in [0.1, 0.15) is 16.8 Å². The molecule has 0 unspecified atom stereocenters. The largest absolute Gasteiger partial charge is 0.483 e. The zero-order chi connectivity index (χ0) is 12.4. The Bertz CT molecular complexity index is 510. The highest BCUT2D eigenvalue weighted by atomic mass is 16.5. The van der Waals surface area contributed by atoms with E-state index >= 15 is 0 Å². The fourth-order valence-corrected chi connectivity index (χ4v) is 1.55. The molecular formula is C11H10N2O4. The Labute approximate surface area is 97.1 Å². The number of methoxy groups -OCH3 is 1. The number of carbonyl (C=O) groups is 2. The number of aromatic carboxylic acids is 1. The lowest BCUT2D eigenvalue weighted by Crippen LogP contribution is -2.21. The van der Waals surface area contributed by atoms with Gasteiger partial charge in [0.15, 0.2) is 0 Å². The van der Waals surface area contributed by atoms with Crippen LogP contribution in [0.15, 0.2) is 29.4 Å². The number of hydrogen-bond donors (Lipinski definition) is 1. The average Bonchev–Trinajstić information content (AvgIpc) is 2.70. The van der Waals surface area contributed by atoms with Crippen molar-refractivity contribution in [3.63, 3.8) is 0 Å². The van der Waals surface area contributed by atoms with Crippen LogP contribution >= 0.6 is 0 Å². The third kappa shape index (κ3) is 1.96. The first-order chi connectivity index (χ1) is 8.13. The Balaban J connectivity index is 2.44. The van der Waals surface area contributed by atoms with Crippen molar-refractivity contribution < 1.29 is 19.4 Å². The summed E-state index contributed by atoms with van der Waals surface area (Å²) < 4.78 is 4.87. The number of hydrazone groups is 1. The first-order valence-corrected chi connectivity index (χ1v) is 4.90. The summed E-state index contributed by atoms with van der Waals surface area (Å²) in [6, 6.07) is 6.19. The van der Waals surface area contributed by atoms with Crippen LogP contribution in [0.4, 0.5) is 5.69 Å². The zero-order valence-electron chi connectivity index (χ0n) is 9.08. The predicted molar refractivity (Wildman–Crippen MR) is 59.9 cm³/mol. The van der Waals surface area contributed by atoms with E-state index < -0.39 is 5.97 Å². The van der Waals surface area contributed by atoms with Crippen molar-refractivity contribution in [2.75, 3.05) is 12.1 Å². The van der Waals surface area contributed by atoms with Gasteiger partial charge in [-0.3, -0.25) is 4.79 Å². The molecule has 1 aromatic carbocycles. The minimum atomic E-state index is -1.10. The van der Waals surface area contributed by atoms with Crippen molar-refractivity contribution in [2.24, 2.45) is 5.10 Å². The van der Waals surface area contributed by atoms with Gasteiger partial charge in [-0.25, -0.2) is 4.79 Å². The van der Waals surface area contributed by atoms with Gasteiger partial charge in [0.1, 0.15) is 6.42 Å². The molecule has 1 amide bonds. The van der Waals surface area contributed by atoms with Crippen molar-refractivity contribution in [2.45, 2.75) is 6.42 Å². The lowest BCUT2D eigenvalue weighted by atomic mass is 10.1. The van der Waals surface area contributed by atoms with Gasteiger partial charge in [-0.1, -0.05) is 12.1 Å². The van der Waals surface area contributed by atoms with Gasteiger partial charge in [0, 0.05) is 0 Å². The summed E-state index contributed by atoms with van der Waals surface area (Å²) in [5.74, 6) is -1.14. The third-order valence-electron chi connectivity index (χ3n) is 2.35. The molecule has 0 radical (unpaired) electrons. The highest BCUT2D eigenvalue weighted by Crippen LogP contribution is 2.24. The molecule has 0 spiro atoms. The number of anilines is 1. The second-order valence-corrected chi connectivity index (χ2v) is 3.40. The number of nitrogens with zero attached hydrogens (tertiary/aromatic N) is 2. The van der Waals surface area contributed by atoms with Gasteiger partial charge >= 0.3 is 5.97 Å². The smallest absolute Gasteiger partial charge is 0.337 e. The van der Waals surface area contributed by atoms with Crippen LogP contribution in [0.2, 0.25) is 0 Å². The molecule has 1 aromatic rings. The van der Waals surface area contributed by atoms with Crippen LogP contribution in [-0.4, -0.2) is 30.0 Å². The SMILES string of the molecule is COC1=NN(c2ccccc2C(=O)O)C(=O)C1. The van der Waals surface area contributed by atoms with Gasteiger partial charge < -0.3 is 9.84 Å². The van der Waals surface area contributed by atoms with E-state index in [4.69, 9.17) is 9.84 Å². The first kappa shape index (κ1) is 11.1. The van der Waals surface area contributed by atoms with Crippen LogP contribution in [0.3, 0.4) is 0 Å². The third-order valence-corrected chi connectivity index (χ3v) is 2.35. The molecule has 1 N–H and O–H groups in total. The normalized spacial score (nSPS) is 14.8. The van der Waals surface area contributed by atoms with Gasteiger partial charge in [-0.2, -0.15) is 5.01 Å². The number of para-hydroxylation sites is 1. The van der Waals surface area contributed by atoms with Gasteiger partial charge in [-0.15, -0.1) is 5.10 Å². The van der Waals surface area contributed by atoms with Gasteiger partial charge in [0.05, 0.1) is 18.4 Å². The van der Waals surface area contributed by atoms with Crippen LogP contribution in [0.25, 0.3) is 0 Å². The van der Waals surface area contributed by atoms with E-state index in [1.807, 2.05) is 0 Å². The molecule has 2 rings (SSSR count). The van der Waals surface area contributed by atoms with Gasteiger partial charge in [0.25, 0.3) is 5.91 Å². The summed E-state index contributed by atoms with van der Waals surface area (Å²) in [5, 5.41) is 14.0. The van der Waals surface area contributed by atoms with E-state index in [0.717, 1.165) is 5.01 Å². The molecule has 17 heavy (non-hydrogen) atoms. The zero-order valence-corrected chi connectivity index (χ0v) is 9.08. The maximum absolute atomic E-state index is 11.7. The summed E-state index contributed by atoms with van der Waals surface area (Å²) in [7, 11) is 1.42. The quantitative estimate of drug-likeness (QED) is 0.830. The molecule has 1 aliphatic heterocycles. The number of benzene rings is 1. The minimum absolute atomic E-state index is 0.0296. The monoisotopic (exact) mass is 234 g/mol. The lowest BCUT2D eigenvalue weighted by molar-refractivity contribution is -0.117. The van der Waals surface area contributed by atoms with E-state index in [1.165, 1.54) is 19.2 Å². The van der Waals surface area contributed by atoms with Crippen molar-refractivity contribution >= 4 is 23.5 Å². The van der Waals surface area contributed by atoms with Crippen LogP contribution in [0, 0.1) is 0 Å². The Kier molecular flexibility index (Phi) is 2.78. The number of rotatable bonds is 2. The second-order valence-electron chi connectivity index (χ2n) is 3.40. The maximum atomic E-state index is 11.7. The molecule has 0 saturated carbocycles. The Hall–Kier alpha value is -2.37. The standard InChI is InChI=1S/C11H10N2O4/c1-17-9-6-10(14)13(12-9)8-5-3-2-4-7(8)11(15)16/h2-5H,6H2,1H3,(H,15,16). The number of carbonyl (C=O) groups excluding carboxylic acids is 1. The molecule has 6 heteroatoms. The second kappa shape index (κ2) is 4.25. The summed E-state index contributed by atoms with van der Waals surface area (Å²) in [6.07, 6.45) is 0.0461. The van der Waals surface area contributed by atoms with Crippen LogP contribution in [0.5, 0.6) is 0 Å². The van der Waals surface area contributed by atoms with E-state index in [9.17, 15) is 9.59 Å². The van der Waals surface area contributed by atoms with Gasteiger partial charge in [0.2, 0.25) is 5.90 Å². The summed E-state index contributed by atoms with van der Waals surface area (Å²) >= 11 is 0. The number of carboxylic acids is 1. The fraction of sp³-hybridized carbons (Fsp3) is 0.182. The highest BCUT2D eigenvalue weighted by molar-refractivity contribution is 6.12. The number of amides is 1. The van der Waals surface area contributed by atoms with Crippen molar-refractivity contribution in [3.8, 4) is 0 Å². The topological polar surface area (TPSA) is 79.2 Å². The molecule has 0 aliphatic carbocycles. The van der Waals surface area contributed by atoms with Gasteiger partial charge in [-0.05, 0) is 12.1 Å². The minimum Gasteiger partial charge on any atom is -0.483 e.